The van der Waals surface area contributed by atoms with Crippen molar-refractivity contribution in [1.82, 2.24) is 0 Å². The third kappa shape index (κ3) is 10.4. The number of hydrogen-bond acceptors (Lipinski definition) is 0. The molecule has 0 fully saturated rings. The van der Waals surface area contributed by atoms with Crippen LogP contribution >= 0.6 is 0 Å². The van der Waals surface area contributed by atoms with E-state index in [1.165, 1.54) is 0 Å². The van der Waals surface area contributed by atoms with Crippen LogP contribution in [0.5, 0.6) is 0 Å². The van der Waals surface area contributed by atoms with E-state index in [0.717, 1.165) is 0 Å². The van der Waals surface area contributed by atoms with Crippen LogP contribution in [0.3, 0.4) is 0 Å². The van der Waals surface area contributed by atoms with Crippen LogP contribution in [0.25, 0.3) is 0 Å². The van der Waals surface area contributed by atoms with E-state index in [1.807, 2.05) is 0 Å². The van der Waals surface area contributed by atoms with Crippen molar-refractivity contribution in [3.05, 3.63) is 0 Å². The summed E-state index contributed by atoms with van der Waals surface area (Å²) in [6.07, 6.45) is 0. The molecule has 0 aromatic carbocycles. The van der Waals surface area contributed by atoms with Gasteiger partial charge in [-0.3, -0.25) is 0 Å². The van der Waals surface area contributed by atoms with E-state index in [0.29, 0.717) is 0 Å². The molecule has 0 radical (unpaired) electrons. The van der Waals surface area contributed by atoms with Gasteiger partial charge in [0.2, 0.25) is 0 Å². The van der Waals surface area contributed by atoms with Crippen LogP contribution in [0, 0.1) is 0 Å². The fourth-order valence-corrected chi connectivity index (χ4v) is 0. The van der Waals surface area contributed by atoms with E-state index in [9.17, 15) is 0 Å². The third-order valence-electron chi connectivity index (χ3n) is 0. The predicted octanol–water partition coefficient (Wildman–Crippen LogP) is -1.95. The van der Waals surface area contributed by atoms with Crippen LogP contribution in [-0.2, 0) is 17.1 Å². The van der Waals surface area contributed by atoms with Gasteiger partial charge in [0, 0.05) is 17.1 Å². The zero-order chi connectivity index (χ0) is 0. The third-order valence-corrected chi connectivity index (χ3v) is 0. The number of hydrogen-bond donors (Lipinski definition) is 0. The monoisotopic (exact) mass is 176 g/mol. The van der Waals surface area contributed by atoms with Crippen molar-refractivity contribution >= 4 is 154 Å². The van der Waals surface area contributed by atoms with E-state index >= 15 is 0 Å². The molecular weight excluding hydrogens is 173 g/mol. The molecule has 0 aromatic heterocycles. The average molecular weight is 176 g/mol. The van der Waals surface area contributed by atoms with Gasteiger partial charge >= 0.3 is 154 Å². The summed E-state index contributed by atoms with van der Waals surface area (Å²) >= 11 is 0. The van der Waals surface area contributed by atoms with Gasteiger partial charge in [-0.2, -0.15) is 0 Å². The fraction of sp³-hybridized carbons (Fsp3) is 0. The molecule has 0 spiro atoms. The van der Waals surface area contributed by atoms with E-state index in [1.54, 1.807) is 0 Å². The van der Waals surface area contributed by atoms with Crippen LogP contribution in [0.2, 0.25) is 0 Å². The minimum absolute atomic E-state index is 0. The summed E-state index contributed by atoms with van der Waals surface area (Å²) < 4.78 is 0. The Kier molecular flexibility index (Phi) is 89.7. The van der Waals surface area contributed by atoms with Crippen molar-refractivity contribution < 1.29 is 17.1 Å². The molecule has 14 valence electrons. The van der Waals surface area contributed by atoms with Crippen molar-refractivity contribution in [3.63, 3.8) is 0 Å². The molecule has 0 aliphatic carbocycles. The summed E-state index contributed by atoms with van der Waals surface area (Å²) in [6.45, 7) is 0. The summed E-state index contributed by atoms with van der Waals surface area (Å²) in [6, 6.07) is 0. The van der Waals surface area contributed by atoms with E-state index in [4.69, 9.17) is 0 Å². The molecule has 0 unspecified atom stereocenters. The second-order valence-electron chi connectivity index (χ2n) is 0. The Labute approximate surface area is 165 Å². The summed E-state index contributed by atoms with van der Waals surface area (Å²) in [5, 5.41) is 0. The Hall–Kier alpha value is 5.43. The fourth-order valence-electron chi connectivity index (χ4n) is 0. The molecule has 0 aliphatic heterocycles. The van der Waals surface area contributed by atoms with Crippen LogP contribution in [-0.4, -0.2) is 154 Å². The van der Waals surface area contributed by atoms with Crippen LogP contribution in [0.1, 0.15) is 0 Å². The van der Waals surface area contributed by atoms with E-state index < -0.39 is 0 Å². The zero-order valence-electron chi connectivity index (χ0n) is 0.354. The van der Waals surface area contributed by atoms with E-state index in [-0.39, 0.29) is 171 Å². The van der Waals surface area contributed by atoms with Gasteiger partial charge < -0.3 is 0 Å². The van der Waals surface area contributed by atoms with Crippen molar-refractivity contribution in [2.24, 2.45) is 0 Å². The Morgan fingerprint density at radius 2 is 0.500 bits per heavy atom. The first-order valence-corrected chi connectivity index (χ1v) is 0. The Morgan fingerprint density at radius 1 is 0.500 bits per heavy atom. The Morgan fingerprint density at radius 3 is 0.500 bits per heavy atom. The first-order chi connectivity index (χ1) is 0. The molecule has 0 saturated carbocycles. The van der Waals surface area contributed by atoms with Crippen LogP contribution in [0.4, 0.5) is 0 Å². The molecule has 0 atom stereocenters. The van der Waals surface area contributed by atoms with Gasteiger partial charge in [0.1, 0.15) is 0 Å². The van der Waals surface area contributed by atoms with Gasteiger partial charge in [-0.1, -0.05) is 0 Å². The van der Waals surface area contributed by atoms with Crippen molar-refractivity contribution in [2.45, 2.75) is 0 Å². The second-order valence-corrected chi connectivity index (χ2v) is 0. The molecule has 0 N–H and O–H groups in total. The summed E-state index contributed by atoms with van der Waals surface area (Å²) in [5.74, 6) is 0. The zero-order valence-corrected chi connectivity index (χ0v) is 1.46. The quantitative estimate of drug-likeness (QED) is 0.376. The molecule has 0 rings (SSSR count). The molecule has 0 saturated heterocycles. The average Bonchev–Trinajstić information content (AvgIpc) is 0. The molecule has 4 heteroatoms. The molecule has 0 heterocycles. The number of rotatable bonds is 0. The maximum absolute atomic E-state index is 0. The van der Waals surface area contributed by atoms with E-state index in [2.05, 4.69) is 0 Å². The first kappa shape index (κ1) is 22.7. The van der Waals surface area contributed by atoms with Gasteiger partial charge in [-0.15, -0.1) is 0 Å². The molecular formula is H3FeK3. The Bertz CT molecular complexity index is 3.25. The van der Waals surface area contributed by atoms with Gasteiger partial charge in [0.15, 0.2) is 0 Å². The van der Waals surface area contributed by atoms with Gasteiger partial charge in [-0.25, -0.2) is 0 Å². The topological polar surface area (TPSA) is 0 Å². The van der Waals surface area contributed by atoms with Crippen LogP contribution in [0.15, 0.2) is 0 Å². The predicted molar refractivity (Wildman–Crippen MR) is 21.4 cm³/mol. The second kappa shape index (κ2) is 15.8. The SMILES string of the molecule is [Fe].[KH].[KH].[KH]. The van der Waals surface area contributed by atoms with Crippen molar-refractivity contribution in [2.75, 3.05) is 0 Å². The normalized spacial score (nSPS) is 0. The summed E-state index contributed by atoms with van der Waals surface area (Å²) in [4.78, 5) is 0. The molecule has 0 amide bonds. The van der Waals surface area contributed by atoms with Gasteiger partial charge in [-0.05, 0) is 0 Å². The van der Waals surface area contributed by atoms with Crippen LogP contribution < -0.4 is 0 Å². The summed E-state index contributed by atoms with van der Waals surface area (Å²) in [7, 11) is 0. The Balaban J connectivity index is 0. The maximum atomic E-state index is 0. The van der Waals surface area contributed by atoms with Gasteiger partial charge in [0.05, 0.1) is 0 Å². The molecule has 0 aromatic rings. The minimum atomic E-state index is 0. The first-order valence-electron chi connectivity index (χ1n) is 0. The molecule has 0 aliphatic rings. The van der Waals surface area contributed by atoms with Crippen molar-refractivity contribution in [1.29, 1.82) is 0 Å². The molecule has 4 heavy (non-hydrogen) atoms. The van der Waals surface area contributed by atoms with Gasteiger partial charge in [0.25, 0.3) is 0 Å². The molecule has 0 nitrogen and oxygen atoms in total. The summed E-state index contributed by atoms with van der Waals surface area (Å²) in [5.41, 5.74) is 0. The van der Waals surface area contributed by atoms with Crippen molar-refractivity contribution in [3.8, 4) is 0 Å². The standard InChI is InChI=1S/Fe.3K.3H. The molecule has 0 bridgehead atoms.